The van der Waals surface area contributed by atoms with Crippen LogP contribution in [-0.4, -0.2) is 27.5 Å². The fourth-order valence-electron chi connectivity index (χ4n) is 1.18. The number of carbonyl (C=O) groups excluding carboxylic acids is 1. The Balaban J connectivity index is 2.83. The second kappa shape index (κ2) is 5.78. The molecule has 1 rings (SSSR count). The summed E-state index contributed by atoms with van der Waals surface area (Å²) in [7, 11) is -4.10. The van der Waals surface area contributed by atoms with E-state index in [1.165, 1.54) is 6.07 Å². The molecule has 0 fully saturated rings. The maximum absolute atomic E-state index is 13.4. The minimum absolute atomic E-state index is 0.108. The quantitative estimate of drug-likeness (QED) is 0.593. The van der Waals surface area contributed by atoms with E-state index in [0.717, 1.165) is 12.1 Å². The summed E-state index contributed by atoms with van der Waals surface area (Å²) in [5.41, 5.74) is 5.41. The Morgan fingerprint density at radius 1 is 1.50 bits per heavy atom. The third kappa shape index (κ3) is 3.67. The molecular formula is C10H13FN2O4S. The normalized spacial score (nSPS) is 11.2. The lowest BCUT2D eigenvalue weighted by atomic mass is 10.3. The molecule has 0 aliphatic carbocycles. The first kappa shape index (κ1) is 14.4. The van der Waals surface area contributed by atoms with Gasteiger partial charge in [0.15, 0.2) is 0 Å². The van der Waals surface area contributed by atoms with Crippen LogP contribution >= 0.6 is 0 Å². The van der Waals surface area contributed by atoms with Gasteiger partial charge in [0.25, 0.3) is 0 Å². The first-order valence-corrected chi connectivity index (χ1v) is 6.55. The number of hydrogen-bond donors (Lipinski definition) is 2. The second-order valence-electron chi connectivity index (χ2n) is 3.32. The molecular weight excluding hydrogens is 263 g/mol. The van der Waals surface area contributed by atoms with E-state index in [2.05, 4.69) is 4.74 Å². The van der Waals surface area contributed by atoms with Crippen molar-refractivity contribution < 1.29 is 22.3 Å². The van der Waals surface area contributed by atoms with Crippen LogP contribution in [0, 0.1) is 5.82 Å². The highest BCUT2D eigenvalue weighted by Crippen LogP contribution is 2.16. The topological polar surface area (TPSA) is 98.5 Å². The number of carbonyl (C=O) groups is 1. The number of sulfonamides is 1. The number of hydrogen-bond acceptors (Lipinski definition) is 5. The molecule has 100 valence electrons. The predicted molar refractivity (Wildman–Crippen MR) is 62.6 cm³/mol. The van der Waals surface area contributed by atoms with Gasteiger partial charge in [0.2, 0.25) is 10.0 Å². The smallest absolute Gasteiger partial charge is 0.321 e. The van der Waals surface area contributed by atoms with Crippen molar-refractivity contribution in [3.63, 3.8) is 0 Å². The molecule has 1 aromatic rings. The number of halogens is 1. The predicted octanol–water partition coefficient (Wildman–Crippen LogP) is 0.249. The fourth-order valence-corrected chi connectivity index (χ4v) is 2.20. The van der Waals surface area contributed by atoms with Gasteiger partial charge in [0.1, 0.15) is 17.3 Å². The number of nitrogen functional groups attached to an aromatic ring is 1. The number of nitrogens with one attached hydrogen (secondary N) is 1. The monoisotopic (exact) mass is 276 g/mol. The molecule has 0 aromatic heterocycles. The van der Waals surface area contributed by atoms with Gasteiger partial charge in [-0.05, 0) is 25.1 Å². The SMILES string of the molecule is CCOC(=O)CNS(=O)(=O)c1ccc(N)cc1F. The Hall–Kier alpha value is -1.67. The summed E-state index contributed by atoms with van der Waals surface area (Å²) in [6.45, 7) is 1.17. The lowest BCUT2D eigenvalue weighted by Gasteiger charge is -2.07. The zero-order valence-corrected chi connectivity index (χ0v) is 10.5. The van der Waals surface area contributed by atoms with Gasteiger partial charge in [-0.3, -0.25) is 4.79 Å². The average Bonchev–Trinajstić information content (AvgIpc) is 2.26. The van der Waals surface area contributed by atoms with E-state index in [-0.39, 0.29) is 12.3 Å². The van der Waals surface area contributed by atoms with Gasteiger partial charge in [-0.1, -0.05) is 0 Å². The van der Waals surface area contributed by atoms with Gasteiger partial charge < -0.3 is 10.5 Å². The molecule has 6 nitrogen and oxygen atoms in total. The van der Waals surface area contributed by atoms with Gasteiger partial charge in [0, 0.05) is 5.69 Å². The van der Waals surface area contributed by atoms with Crippen molar-refractivity contribution >= 4 is 21.7 Å². The summed E-state index contributed by atoms with van der Waals surface area (Å²) < 4.78 is 43.2. The lowest BCUT2D eigenvalue weighted by molar-refractivity contribution is -0.141. The van der Waals surface area contributed by atoms with E-state index in [0.29, 0.717) is 0 Å². The maximum atomic E-state index is 13.4. The van der Waals surface area contributed by atoms with Crippen LogP contribution in [-0.2, 0) is 19.6 Å². The van der Waals surface area contributed by atoms with Crippen molar-refractivity contribution in [2.75, 3.05) is 18.9 Å². The first-order chi connectivity index (χ1) is 8.36. The summed E-state index contributed by atoms with van der Waals surface area (Å²) in [6.07, 6.45) is 0. The molecule has 18 heavy (non-hydrogen) atoms. The van der Waals surface area contributed by atoms with Crippen molar-refractivity contribution in [1.82, 2.24) is 4.72 Å². The molecule has 0 radical (unpaired) electrons. The number of ether oxygens (including phenoxy) is 1. The Morgan fingerprint density at radius 3 is 2.72 bits per heavy atom. The standard InChI is InChI=1S/C10H13FN2O4S/c1-2-17-10(14)6-13-18(15,16)9-4-3-7(12)5-8(9)11/h3-5,13H,2,6,12H2,1H3. The molecule has 0 atom stereocenters. The summed E-state index contributed by atoms with van der Waals surface area (Å²) in [6, 6.07) is 3.17. The van der Waals surface area contributed by atoms with Crippen molar-refractivity contribution in [3.05, 3.63) is 24.0 Å². The molecule has 0 saturated heterocycles. The summed E-state index contributed by atoms with van der Waals surface area (Å²) in [5, 5.41) is 0. The zero-order valence-electron chi connectivity index (χ0n) is 9.64. The van der Waals surface area contributed by atoms with Crippen LogP contribution in [0.4, 0.5) is 10.1 Å². The average molecular weight is 276 g/mol. The van der Waals surface area contributed by atoms with Gasteiger partial charge in [-0.25, -0.2) is 12.8 Å². The van der Waals surface area contributed by atoms with Crippen LogP contribution in [0.5, 0.6) is 0 Å². The lowest BCUT2D eigenvalue weighted by Crippen LogP contribution is -2.31. The van der Waals surface area contributed by atoms with Crippen LogP contribution in [0.15, 0.2) is 23.1 Å². The van der Waals surface area contributed by atoms with Gasteiger partial charge in [-0.15, -0.1) is 0 Å². The van der Waals surface area contributed by atoms with E-state index in [9.17, 15) is 17.6 Å². The summed E-state index contributed by atoms with van der Waals surface area (Å²) in [4.78, 5) is 10.4. The van der Waals surface area contributed by atoms with Crippen molar-refractivity contribution in [2.24, 2.45) is 0 Å². The highest BCUT2D eigenvalue weighted by molar-refractivity contribution is 7.89. The summed E-state index contributed by atoms with van der Waals surface area (Å²) in [5.74, 6) is -1.72. The van der Waals surface area contributed by atoms with E-state index in [1.54, 1.807) is 6.92 Å². The van der Waals surface area contributed by atoms with Crippen molar-refractivity contribution in [2.45, 2.75) is 11.8 Å². The first-order valence-electron chi connectivity index (χ1n) is 5.07. The Kier molecular flexibility index (Phi) is 4.62. The van der Waals surface area contributed by atoms with Crippen molar-refractivity contribution in [3.8, 4) is 0 Å². The highest BCUT2D eigenvalue weighted by atomic mass is 32.2. The summed E-state index contributed by atoms with van der Waals surface area (Å²) >= 11 is 0. The maximum Gasteiger partial charge on any atom is 0.321 e. The van der Waals surface area contributed by atoms with E-state index >= 15 is 0 Å². The van der Waals surface area contributed by atoms with E-state index < -0.39 is 33.3 Å². The number of anilines is 1. The molecule has 0 aliphatic rings. The van der Waals surface area contributed by atoms with E-state index in [4.69, 9.17) is 5.73 Å². The van der Waals surface area contributed by atoms with Gasteiger partial charge in [-0.2, -0.15) is 4.72 Å². The van der Waals surface area contributed by atoms with E-state index in [1.807, 2.05) is 4.72 Å². The van der Waals surface area contributed by atoms with Crippen LogP contribution < -0.4 is 10.5 Å². The number of esters is 1. The Labute approximate surface area is 104 Å². The Morgan fingerprint density at radius 2 is 2.17 bits per heavy atom. The minimum atomic E-state index is -4.10. The molecule has 8 heteroatoms. The largest absolute Gasteiger partial charge is 0.465 e. The molecule has 1 aromatic carbocycles. The third-order valence-electron chi connectivity index (χ3n) is 1.96. The Bertz CT molecular complexity index is 545. The number of nitrogens with two attached hydrogens (primary N) is 1. The van der Waals surface area contributed by atoms with Gasteiger partial charge in [0.05, 0.1) is 6.61 Å². The van der Waals surface area contributed by atoms with Crippen LogP contribution in [0.3, 0.4) is 0 Å². The van der Waals surface area contributed by atoms with Gasteiger partial charge >= 0.3 is 5.97 Å². The molecule has 0 saturated carbocycles. The van der Waals surface area contributed by atoms with Crippen LogP contribution in [0.1, 0.15) is 6.92 Å². The number of benzene rings is 1. The zero-order chi connectivity index (χ0) is 13.8. The molecule has 0 heterocycles. The minimum Gasteiger partial charge on any atom is -0.465 e. The molecule has 0 spiro atoms. The second-order valence-corrected chi connectivity index (χ2v) is 5.05. The molecule has 0 amide bonds. The fraction of sp³-hybridized carbons (Fsp3) is 0.300. The number of rotatable bonds is 5. The van der Waals surface area contributed by atoms with Crippen molar-refractivity contribution in [1.29, 1.82) is 0 Å². The molecule has 0 unspecified atom stereocenters. The van der Waals surface area contributed by atoms with Crippen LogP contribution in [0.2, 0.25) is 0 Å². The van der Waals surface area contributed by atoms with Crippen LogP contribution in [0.25, 0.3) is 0 Å². The third-order valence-corrected chi connectivity index (χ3v) is 3.39. The molecule has 3 N–H and O–H groups in total. The highest BCUT2D eigenvalue weighted by Gasteiger charge is 2.20. The molecule has 0 aliphatic heterocycles. The molecule has 0 bridgehead atoms.